The Labute approximate surface area is 137 Å². The highest BCUT2D eigenvalue weighted by Crippen LogP contribution is 2.36. The SMILES string of the molecule is O=S(=O)(NC1CCCN(c2cc(C3CCC3)ncn2)C1)C1CC1. The molecule has 7 heteroatoms. The van der Waals surface area contributed by atoms with Gasteiger partial charge in [-0.05, 0) is 38.5 Å². The van der Waals surface area contributed by atoms with Crippen LogP contribution in [0.1, 0.15) is 56.6 Å². The van der Waals surface area contributed by atoms with Crippen LogP contribution < -0.4 is 9.62 Å². The van der Waals surface area contributed by atoms with Crippen molar-refractivity contribution < 1.29 is 8.42 Å². The largest absolute Gasteiger partial charge is 0.355 e. The van der Waals surface area contributed by atoms with Crippen LogP contribution in [0, 0.1) is 0 Å². The van der Waals surface area contributed by atoms with Crippen molar-refractivity contribution in [2.45, 2.75) is 62.2 Å². The van der Waals surface area contributed by atoms with Gasteiger partial charge in [-0.1, -0.05) is 6.42 Å². The Hall–Kier alpha value is -1.21. The fourth-order valence-corrected chi connectivity index (χ4v) is 5.06. The highest BCUT2D eigenvalue weighted by molar-refractivity contribution is 7.90. The molecule has 1 atom stereocenters. The van der Waals surface area contributed by atoms with E-state index in [-0.39, 0.29) is 11.3 Å². The third-order valence-corrected chi connectivity index (χ3v) is 7.25. The number of nitrogens with one attached hydrogen (secondary N) is 1. The highest BCUT2D eigenvalue weighted by atomic mass is 32.2. The van der Waals surface area contributed by atoms with Gasteiger partial charge < -0.3 is 4.90 Å². The quantitative estimate of drug-likeness (QED) is 0.887. The second kappa shape index (κ2) is 6.02. The van der Waals surface area contributed by atoms with Gasteiger partial charge in [0.1, 0.15) is 12.1 Å². The van der Waals surface area contributed by atoms with Gasteiger partial charge in [-0.2, -0.15) is 0 Å². The molecule has 1 aliphatic heterocycles. The molecular weight excluding hydrogens is 312 g/mol. The molecule has 0 bridgehead atoms. The zero-order valence-corrected chi connectivity index (χ0v) is 14.1. The third-order valence-electron chi connectivity index (χ3n) is 5.24. The monoisotopic (exact) mass is 336 g/mol. The fraction of sp³-hybridized carbons (Fsp3) is 0.750. The molecule has 1 aromatic heterocycles. The number of piperidine rings is 1. The Morgan fingerprint density at radius 3 is 2.61 bits per heavy atom. The maximum Gasteiger partial charge on any atom is 0.214 e. The number of nitrogens with zero attached hydrogens (tertiary/aromatic N) is 3. The van der Waals surface area contributed by atoms with E-state index in [2.05, 4.69) is 25.7 Å². The second-order valence-corrected chi connectivity index (χ2v) is 9.07. The first kappa shape index (κ1) is 15.3. The molecule has 2 heterocycles. The summed E-state index contributed by atoms with van der Waals surface area (Å²) in [5, 5.41) is -0.151. The molecule has 1 unspecified atom stereocenters. The second-order valence-electron chi connectivity index (χ2n) is 7.08. The van der Waals surface area contributed by atoms with Gasteiger partial charge in [0.05, 0.1) is 5.25 Å². The molecule has 3 fully saturated rings. The van der Waals surface area contributed by atoms with E-state index in [1.54, 1.807) is 6.33 Å². The summed E-state index contributed by atoms with van der Waals surface area (Å²) >= 11 is 0. The van der Waals surface area contributed by atoms with Gasteiger partial charge >= 0.3 is 0 Å². The molecule has 0 aromatic carbocycles. The van der Waals surface area contributed by atoms with E-state index in [1.807, 2.05) is 0 Å². The van der Waals surface area contributed by atoms with E-state index in [0.717, 1.165) is 43.7 Å². The number of anilines is 1. The minimum Gasteiger partial charge on any atom is -0.355 e. The van der Waals surface area contributed by atoms with Crippen molar-refractivity contribution in [3.05, 3.63) is 18.1 Å². The number of rotatable bonds is 5. The Kier molecular flexibility index (Phi) is 4.01. The van der Waals surface area contributed by atoms with Gasteiger partial charge in [0, 0.05) is 36.8 Å². The smallest absolute Gasteiger partial charge is 0.214 e. The molecule has 2 aliphatic carbocycles. The molecule has 2 saturated carbocycles. The van der Waals surface area contributed by atoms with Crippen LogP contribution in [0.5, 0.6) is 0 Å². The van der Waals surface area contributed by atoms with Crippen LogP contribution in [0.3, 0.4) is 0 Å². The topological polar surface area (TPSA) is 75.2 Å². The van der Waals surface area contributed by atoms with E-state index in [4.69, 9.17) is 0 Å². The van der Waals surface area contributed by atoms with Crippen molar-refractivity contribution in [2.75, 3.05) is 18.0 Å². The zero-order chi connectivity index (χ0) is 15.9. The lowest BCUT2D eigenvalue weighted by Gasteiger charge is -2.34. The summed E-state index contributed by atoms with van der Waals surface area (Å²) in [6.45, 7) is 1.63. The molecule has 126 valence electrons. The highest BCUT2D eigenvalue weighted by Gasteiger charge is 2.37. The van der Waals surface area contributed by atoms with Gasteiger partial charge in [0.15, 0.2) is 0 Å². The molecule has 0 spiro atoms. The minimum absolute atomic E-state index is 0.00327. The van der Waals surface area contributed by atoms with Crippen molar-refractivity contribution in [1.82, 2.24) is 14.7 Å². The first-order valence-electron chi connectivity index (χ1n) is 8.70. The van der Waals surface area contributed by atoms with E-state index in [1.165, 1.54) is 19.3 Å². The van der Waals surface area contributed by atoms with E-state index in [0.29, 0.717) is 12.5 Å². The molecule has 3 aliphatic rings. The lowest BCUT2D eigenvalue weighted by atomic mass is 9.83. The van der Waals surface area contributed by atoms with Gasteiger partial charge in [0.2, 0.25) is 10.0 Å². The minimum atomic E-state index is -3.12. The average Bonchev–Trinajstić information content (AvgIpc) is 3.31. The number of hydrogen-bond acceptors (Lipinski definition) is 5. The summed E-state index contributed by atoms with van der Waals surface area (Å²) in [5.41, 5.74) is 1.14. The molecular formula is C16H24N4O2S. The maximum absolute atomic E-state index is 12.1. The van der Waals surface area contributed by atoms with E-state index >= 15 is 0 Å². The molecule has 0 radical (unpaired) electrons. The molecule has 4 rings (SSSR count). The Morgan fingerprint density at radius 2 is 1.91 bits per heavy atom. The van der Waals surface area contributed by atoms with Gasteiger partial charge in [-0.25, -0.2) is 23.1 Å². The summed E-state index contributed by atoms with van der Waals surface area (Å²) in [6, 6.07) is 2.10. The van der Waals surface area contributed by atoms with Gasteiger partial charge in [-0.3, -0.25) is 0 Å². The predicted octanol–water partition coefficient (Wildman–Crippen LogP) is 1.79. The Morgan fingerprint density at radius 1 is 1.09 bits per heavy atom. The van der Waals surface area contributed by atoms with Gasteiger partial charge in [-0.15, -0.1) is 0 Å². The molecule has 1 N–H and O–H groups in total. The van der Waals surface area contributed by atoms with Crippen LogP contribution in [0.4, 0.5) is 5.82 Å². The first-order valence-corrected chi connectivity index (χ1v) is 10.2. The summed E-state index contributed by atoms with van der Waals surface area (Å²) in [5.74, 6) is 1.53. The van der Waals surface area contributed by atoms with Crippen molar-refractivity contribution in [2.24, 2.45) is 0 Å². The van der Waals surface area contributed by atoms with E-state index in [9.17, 15) is 8.42 Å². The lowest BCUT2D eigenvalue weighted by Crippen LogP contribution is -2.48. The molecule has 0 amide bonds. The summed E-state index contributed by atoms with van der Waals surface area (Å²) in [4.78, 5) is 11.0. The van der Waals surface area contributed by atoms with Crippen LogP contribution in [0.25, 0.3) is 0 Å². The zero-order valence-electron chi connectivity index (χ0n) is 13.3. The maximum atomic E-state index is 12.1. The predicted molar refractivity (Wildman–Crippen MR) is 88.9 cm³/mol. The van der Waals surface area contributed by atoms with Crippen LogP contribution in [-0.2, 0) is 10.0 Å². The van der Waals surface area contributed by atoms with E-state index < -0.39 is 10.0 Å². The first-order chi connectivity index (χ1) is 11.1. The van der Waals surface area contributed by atoms with Gasteiger partial charge in [0.25, 0.3) is 0 Å². The molecule has 23 heavy (non-hydrogen) atoms. The summed E-state index contributed by atoms with van der Waals surface area (Å²) < 4.78 is 27.2. The van der Waals surface area contributed by atoms with Crippen LogP contribution in [-0.4, -0.2) is 42.8 Å². The average molecular weight is 336 g/mol. The Bertz CT molecular complexity index is 670. The molecule has 1 aromatic rings. The number of sulfonamides is 1. The number of hydrogen-bond donors (Lipinski definition) is 1. The Balaban J connectivity index is 1.44. The summed E-state index contributed by atoms with van der Waals surface area (Å²) in [6.07, 6.45) is 8.90. The number of aromatic nitrogens is 2. The fourth-order valence-electron chi connectivity index (χ4n) is 3.45. The van der Waals surface area contributed by atoms with Crippen molar-refractivity contribution >= 4 is 15.8 Å². The van der Waals surface area contributed by atoms with Crippen LogP contribution in [0.2, 0.25) is 0 Å². The van der Waals surface area contributed by atoms with Crippen molar-refractivity contribution in [3.63, 3.8) is 0 Å². The molecule has 1 saturated heterocycles. The summed E-state index contributed by atoms with van der Waals surface area (Å²) in [7, 11) is -3.12. The molecule has 6 nitrogen and oxygen atoms in total. The van der Waals surface area contributed by atoms with Crippen molar-refractivity contribution in [1.29, 1.82) is 0 Å². The third kappa shape index (κ3) is 3.35. The van der Waals surface area contributed by atoms with Crippen molar-refractivity contribution in [3.8, 4) is 0 Å². The van der Waals surface area contributed by atoms with Crippen LogP contribution in [0.15, 0.2) is 12.4 Å². The van der Waals surface area contributed by atoms with Crippen LogP contribution >= 0.6 is 0 Å². The lowest BCUT2D eigenvalue weighted by molar-refractivity contribution is 0.410. The standard InChI is InChI=1S/C16H24N4O2S/c21-23(22,14-6-7-14)19-13-5-2-8-20(10-13)16-9-15(17-11-18-16)12-3-1-4-12/h9,11-14,19H,1-8,10H2. The normalized spacial score (nSPS) is 26.1.